The van der Waals surface area contributed by atoms with Gasteiger partial charge in [0.1, 0.15) is 5.75 Å². The number of methoxy groups -OCH3 is 1. The molecule has 0 spiro atoms. The first-order valence-electron chi connectivity index (χ1n) is 6.92. The van der Waals surface area contributed by atoms with Crippen molar-refractivity contribution in [1.82, 2.24) is 15.1 Å². The third-order valence-electron chi connectivity index (χ3n) is 3.94. The van der Waals surface area contributed by atoms with Crippen LogP contribution in [0.4, 0.5) is 0 Å². The van der Waals surface area contributed by atoms with Gasteiger partial charge in [0, 0.05) is 30.5 Å². The van der Waals surface area contributed by atoms with Gasteiger partial charge >= 0.3 is 0 Å². The lowest BCUT2D eigenvalue weighted by atomic mass is 9.83. The van der Waals surface area contributed by atoms with Crippen LogP contribution in [0.3, 0.4) is 0 Å². The highest BCUT2D eigenvalue weighted by Gasteiger charge is 2.41. The van der Waals surface area contributed by atoms with E-state index in [1.165, 1.54) is 0 Å². The third kappa shape index (κ3) is 2.84. The van der Waals surface area contributed by atoms with Gasteiger partial charge in [-0.05, 0) is 34.5 Å². The summed E-state index contributed by atoms with van der Waals surface area (Å²) >= 11 is 3.49. The molecule has 2 N–H and O–H groups in total. The SMILES string of the molecule is COc1c(Br)cccc1CN[C@H]1C[C@@H](O)[C@@H]1n1cccn1. The first kappa shape index (κ1) is 14.6. The molecule has 1 fully saturated rings. The van der Waals surface area contributed by atoms with Crippen molar-refractivity contribution < 1.29 is 9.84 Å². The Morgan fingerprint density at radius 3 is 3.00 bits per heavy atom. The molecule has 1 aromatic heterocycles. The summed E-state index contributed by atoms with van der Waals surface area (Å²) in [5.41, 5.74) is 1.09. The Hall–Kier alpha value is -1.37. The molecule has 1 heterocycles. The van der Waals surface area contributed by atoms with Gasteiger partial charge in [-0.2, -0.15) is 5.10 Å². The highest BCUT2D eigenvalue weighted by molar-refractivity contribution is 9.10. The lowest BCUT2D eigenvalue weighted by Gasteiger charge is -2.42. The maximum Gasteiger partial charge on any atom is 0.137 e. The Balaban J connectivity index is 1.67. The fourth-order valence-electron chi connectivity index (χ4n) is 2.80. The molecule has 0 amide bonds. The number of aromatic nitrogens is 2. The largest absolute Gasteiger partial charge is 0.495 e. The predicted octanol–water partition coefficient (Wildman–Crippen LogP) is 2.12. The minimum Gasteiger partial charge on any atom is -0.495 e. The number of aliphatic hydroxyl groups is 1. The van der Waals surface area contributed by atoms with E-state index >= 15 is 0 Å². The molecular formula is C15H18BrN3O2. The Labute approximate surface area is 132 Å². The van der Waals surface area contributed by atoms with Gasteiger partial charge in [0.15, 0.2) is 0 Å². The van der Waals surface area contributed by atoms with Gasteiger partial charge in [0.25, 0.3) is 0 Å². The van der Waals surface area contributed by atoms with Gasteiger partial charge < -0.3 is 15.2 Å². The van der Waals surface area contributed by atoms with Crippen molar-refractivity contribution in [2.75, 3.05) is 7.11 Å². The second-order valence-corrected chi connectivity index (χ2v) is 6.05. The number of benzene rings is 1. The van der Waals surface area contributed by atoms with Crippen molar-refractivity contribution in [3.8, 4) is 5.75 Å². The standard InChI is InChI=1S/C15H18BrN3O2/c1-21-15-10(4-2-5-11(15)16)9-17-12-8-13(20)14(12)19-7-3-6-18-19/h2-7,12-14,17,20H,8-9H2,1H3/t12-,13+,14+/m0/s1. The van der Waals surface area contributed by atoms with Crippen LogP contribution < -0.4 is 10.1 Å². The van der Waals surface area contributed by atoms with E-state index in [0.717, 1.165) is 22.2 Å². The molecule has 1 aliphatic carbocycles. The number of ether oxygens (including phenoxy) is 1. The normalized spacial score (nSPS) is 24.6. The second kappa shape index (κ2) is 6.17. The zero-order chi connectivity index (χ0) is 14.8. The van der Waals surface area contributed by atoms with Gasteiger partial charge in [-0.3, -0.25) is 4.68 Å². The highest BCUT2D eigenvalue weighted by Crippen LogP contribution is 2.33. The van der Waals surface area contributed by atoms with Crippen LogP contribution in [-0.4, -0.2) is 34.1 Å². The molecule has 0 aliphatic heterocycles. The fraction of sp³-hybridized carbons (Fsp3) is 0.400. The zero-order valence-corrected chi connectivity index (χ0v) is 13.3. The molecule has 112 valence electrons. The van der Waals surface area contributed by atoms with Crippen molar-refractivity contribution in [3.63, 3.8) is 0 Å². The molecule has 2 aromatic rings. The number of aliphatic hydroxyl groups excluding tert-OH is 1. The van der Waals surface area contributed by atoms with Crippen LogP contribution in [0.5, 0.6) is 5.75 Å². The molecule has 0 bridgehead atoms. The number of para-hydroxylation sites is 1. The number of rotatable bonds is 5. The van der Waals surface area contributed by atoms with Gasteiger partial charge in [-0.1, -0.05) is 12.1 Å². The summed E-state index contributed by atoms with van der Waals surface area (Å²) in [5, 5.41) is 17.7. The molecule has 1 aromatic carbocycles. The molecule has 6 heteroatoms. The van der Waals surface area contributed by atoms with Crippen LogP contribution in [0.1, 0.15) is 18.0 Å². The number of hydrogen-bond donors (Lipinski definition) is 2. The topological polar surface area (TPSA) is 59.3 Å². The van der Waals surface area contributed by atoms with Crippen LogP contribution in [0.25, 0.3) is 0 Å². The number of hydrogen-bond acceptors (Lipinski definition) is 4. The minimum absolute atomic E-state index is 0.00171. The van der Waals surface area contributed by atoms with Crippen molar-refractivity contribution in [1.29, 1.82) is 0 Å². The molecule has 1 saturated carbocycles. The maximum atomic E-state index is 9.96. The number of nitrogens with one attached hydrogen (secondary N) is 1. The summed E-state index contributed by atoms with van der Waals surface area (Å²) in [5.74, 6) is 0.848. The van der Waals surface area contributed by atoms with E-state index in [4.69, 9.17) is 4.74 Å². The van der Waals surface area contributed by atoms with E-state index in [9.17, 15) is 5.11 Å². The molecule has 5 nitrogen and oxygen atoms in total. The maximum absolute atomic E-state index is 9.96. The van der Waals surface area contributed by atoms with E-state index in [0.29, 0.717) is 6.54 Å². The van der Waals surface area contributed by atoms with E-state index < -0.39 is 0 Å². The van der Waals surface area contributed by atoms with Crippen molar-refractivity contribution in [3.05, 3.63) is 46.7 Å². The monoisotopic (exact) mass is 351 g/mol. The molecule has 1 aliphatic rings. The predicted molar refractivity (Wildman–Crippen MR) is 83.2 cm³/mol. The Kier molecular flexibility index (Phi) is 4.28. The lowest BCUT2D eigenvalue weighted by Crippen LogP contribution is -2.54. The summed E-state index contributed by atoms with van der Waals surface area (Å²) in [7, 11) is 1.67. The number of nitrogens with zero attached hydrogens (tertiary/aromatic N) is 2. The Morgan fingerprint density at radius 1 is 1.48 bits per heavy atom. The van der Waals surface area contributed by atoms with Crippen LogP contribution in [0, 0.1) is 0 Å². The van der Waals surface area contributed by atoms with E-state index in [-0.39, 0.29) is 18.2 Å². The van der Waals surface area contributed by atoms with Crippen LogP contribution in [0.2, 0.25) is 0 Å². The van der Waals surface area contributed by atoms with Crippen LogP contribution in [0.15, 0.2) is 41.1 Å². The van der Waals surface area contributed by atoms with Crippen molar-refractivity contribution in [2.45, 2.75) is 31.2 Å². The molecule has 0 unspecified atom stereocenters. The average molecular weight is 352 g/mol. The Morgan fingerprint density at radius 2 is 2.33 bits per heavy atom. The lowest BCUT2D eigenvalue weighted by molar-refractivity contribution is -0.00826. The van der Waals surface area contributed by atoms with Crippen molar-refractivity contribution in [2.24, 2.45) is 0 Å². The van der Waals surface area contributed by atoms with Gasteiger partial charge in [0.05, 0.1) is 23.7 Å². The summed E-state index contributed by atoms with van der Waals surface area (Å²) < 4.78 is 8.20. The quantitative estimate of drug-likeness (QED) is 0.866. The van der Waals surface area contributed by atoms with Crippen LogP contribution >= 0.6 is 15.9 Å². The van der Waals surface area contributed by atoms with Gasteiger partial charge in [-0.25, -0.2) is 0 Å². The summed E-state index contributed by atoms with van der Waals surface area (Å²) in [6, 6.07) is 8.07. The summed E-state index contributed by atoms with van der Waals surface area (Å²) in [6.07, 6.45) is 4.02. The van der Waals surface area contributed by atoms with E-state index in [1.54, 1.807) is 13.3 Å². The molecule has 21 heavy (non-hydrogen) atoms. The molecule has 0 radical (unpaired) electrons. The summed E-state index contributed by atoms with van der Waals surface area (Å²) in [4.78, 5) is 0. The van der Waals surface area contributed by atoms with Gasteiger partial charge in [-0.15, -0.1) is 0 Å². The first-order chi connectivity index (χ1) is 10.2. The van der Waals surface area contributed by atoms with Crippen LogP contribution in [-0.2, 0) is 6.54 Å². The molecule has 3 atom stereocenters. The first-order valence-corrected chi connectivity index (χ1v) is 7.72. The highest BCUT2D eigenvalue weighted by atomic mass is 79.9. The molecule has 0 saturated heterocycles. The smallest absolute Gasteiger partial charge is 0.137 e. The molecule has 3 rings (SSSR count). The minimum atomic E-state index is -0.341. The summed E-state index contributed by atoms with van der Waals surface area (Å²) in [6.45, 7) is 0.692. The zero-order valence-electron chi connectivity index (χ0n) is 11.7. The van der Waals surface area contributed by atoms with E-state index in [1.807, 2.05) is 35.1 Å². The second-order valence-electron chi connectivity index (χ2n) is 5.20. The number of halogens is 1. The average Bonchev–Trinajstić information content (AvgIpc) is 2.96. The van der Waals surface area contributed by atoms with Crippen molar-refractivity contribution >= 4 is 15.9 Å². The fourth-order valence-corrected chi connectivity index (χ4v) is 3.36. The van der Waals surface area contributed by atoms with Gasteiger partial charge in [0.2, 0.25) is 0 Å². The Bertz CT molecular complexity index is 603. The molecular weight excluding hydrogens is 334 g/mol. The van der Waals surface area contributed by atoms with E-state index in [2.05, 4.69) is 26.3 Å². The third-order valence-corrected chi connectivity index (χ3v) is 4.56.